The summed E-state index contributed by atoms with van der Waals surface area (Å²) in [6.45, 7) is 0.321. The van der Waals surface area contributed by atoms with Gasteiger partial charge in [-0.15, -0.1) is 0 Å². The number of hydrogen-bond acceptors (Lipinski definition) is 4. The van der Waals surface area contributed by atoms with Gasteiger partial charge in [0.05, 0.1) is 16.8 Å². The molecular weight excluding hydrogens is 397 g/mol. The van der Waals surface area contributed by atoms with Crippen molar-refractivity contribution >= 4 is 43.4 Å². The van der Waals surface area contributed by atoms with Gasteiger partial charge in [0.1, 0.15) is 5.82 Å². The van der Waals surface area contributed by atoms with E-state index in [9.17, 15) is 9.18 Å². The van der Waals surface area contributed by atoms with Crippen LogP contribution in [0.5, 0.6) is 0 Å². The van der Waals surface area contributed by atoms with Crippen molar-refractivity contribution in [3.05, 3.63) is 102 Å². The second-order valence-corrected chi connectivity index (χ2v) is 7.93. The number of amides is 1. The molecule has 2 aromatic heterocycles. The van der Waals surface area contributed by atoms with Gasteiger partial charge in [-0.25, -0.2) is 9.37 Å². The third kappa shape index (κ3) is 3.53. The standard InChI is InChI=1S/C24H16FN3OS/c25-20-9-10-21-22(13-20)30-24(27-21)28(15-16-4-3-11-26-14-16)23(29)19-8-7-17-5-1-2-6-18(17)12-19/h1-14H,15H2. The minimum absolute atomic E-state index is 0.163. The lowest BCUT2D eigenvalue weighted by molar-refractivity contribution is 0.0985. The molecule has 1 amide bonds. The Labute approximate surface area is 176 Å². The highest BCUT2D eigenvalue weighted by Gasteiger charge is 2.22. The maximum atomic E-state index is 13.7. The first-order valence-electron chi connectivity index (χ1n) is 9.43. The zero-order valence-corrected chi connectivity index (χ0v) is 16.6. The molecule has 0 unspecified atom stereocenters. The fraction of sp³-hybridized carbons (Fsp3) is 0.0417. The van der Waals surface area contributed by atoms with Crippen LogP contribution in [0.25, 0.3) is 21.0 Å². The van der Waals surface area contributed by atoms with Gasteiger partial charge >= 0.3 is 0 Å². The summed E-state index contributed by atoms with van der Waals surface area (Å²) < 4.78 is 14.4. The summed E-state index contributed by atoms with van der Waals surface area (Å²) in [7, 11) is 0. The van der Waals surface area contributed by atoms with Crippen molar-refractivity contribution in [1.82, 2.24) is 9.97 Å². The van der Waals surface area contributed by atoms with E-state index in [-0.39, 0.29) is 11.7 Å². The SMILES string of the molecule is O=C(c1ccc2ccccc2c1)N(Cc1cccnc1)c1nc2ccc(F)cc2s1. The molecule has 0 aliphatic heterocycles. The average Bonchev–Trinajstić information content (AvgIpc) is 3.20. The summed E-state index contributed by atoms with van der Waals surface area (Å²) in [4.78, 5) is 23.9. The van der Waals surface area contributed by atoms with Crippen molar-refractivity contribution in [3.8, 4) is 0 Å². The number of rotatable bonds is 4. The predicted molar refractivity (Wildman–Crippen MR) is 118 cm³/mol. The number of carbonyl (C=O) groups is 1. The molecule has 0 saturated heterocycles. The number of benzene rings is 3. The molecule has 0 spiro atoms. The molecule has 0 aliphatic carbocycles. The van der Waals surface area contributed by atoms with E-state index < -0.39 is 0 Å². The molecule has 0 fully saturated rings. The van der Waals surface area contributed by atoms with Crippen LogP contribution in [0, 0.1) is 5.82 Å². The van der Waals surface area contributed by atoms with Crippen molar-refractivity contribution in [1.29, 1.82) is 0 Å². The molecule has 4 nitrogen and oxygen atoms in total. The molecule has 0 saturated carbocycles. The number of thiazole rings is 1. The first-order chi connectivity index (χ1) is 14.7. The molecule has 3 aromatic carbocycles. The Morgan fingerprint density at radius 3 is 2.67 bits per heavy atom. The van der Waals surface area contributed by atoms with Gasteiger partial charge in [0, 0.05) is 18.0 Å². The van der Waals surface area contributed by atoms with E-state index in [0.717, 1.165) is 16.3 Å². The Hall–Kier alpha value is -3.64. The topological polar surface area (TPSA) is 46.1 Å². The van der Waals surface area contributed by atoms with Crippen molar-refractivity contribution in [2.45, 2.75) is 6.54 Å². The summed E-state index contributed by atoms with van der Waals surface area (Å²) >= 11 is 1.30. The normalized spacial score (nSPS) is 11.1. The van der Waals surface area contributed by atoms with Gasteiger partial charge in [-0.05, 0) is 52.7 Å². The van der Waals surface area contributed by atoms with Crippen LogP contribution in [-0.2, 0) is 6.54 Å². The van der Waals surface area contributed by atoms with E-state index >= 15 is 0 Å². The van der Waals surface area contributed by atoms with Gasteiger partial charge in [0.15, 0.2) is 5.13 Å². The third-order valence-electron chi connectivity index (χ3n) is 4.88. The number of pyridine rings is 1. The summed E-state index contributed by atoms with van der Waals surface area (Å²) in [5, 5.41) is 2.59. The highest BCUT2D eigenvalue weighted by atomic mass is 32.1. The number of halogens is 1. The minimum Gasteiger partial charge on any atom is -0.279 e. The van der Waals surface area contributed by atoms with Crippen LogP contribution >= 0.6 is 11.3 Å². The van der Waals surface area contributed by atoms with Crippen LogP contribution in [-0.4, -0.2) is 15.9 Å². The van der Waals surface area contributed by atoms with E-state index in [2.05, 4.69) is 9.97 Å². The van der Waals surface area contributed by atoms with Crippen LogP contribution in [0.15, 0.2) is 85.2 Å². The van der Waals surface area contributed by atoms with E-state index in [1.54, 1.807) is 23.4 Å². The number of nitrogens with zero attached hydrogens (tertiary/aromatic N) is 3. The zero-order chi connectivity index (χ0) is 20.5. The van der Waals surface area contributed by atoms with Gasteiger partial charge in [-0.3, -0.25) is 14.7 Å². The fourth-order valence-electron chi connectivity index (χ4n) is 3.38. The highest BCUT2D eigenvalue weighted by molar-refractivity contribution is 7.22. The molecule has 2 heterocycles. The zero-order valence-electron chi connectivity index (χ0n) is 15.8. The van der Waals surface area contributed by atoms with Crippen molar-refractivity contribution in [3.63, 3.8) is 0 Å². The third-order valence-corrected chi connectivity index (χ3v) is 5.92. The van der Waals surface area contributed by atoms with Gasteiger partial charge in [-0.2, -0.15) is 0 Å². The maximum Gasteiger partial charge on any atom is 0.260 e. The lowest BCUT2D eigenvalue weighted by Crippen LogP contribution is -2.30. The van der Waals surface area contributed by atoms with E-state index in [1.807, 2.05) is 54.6 Å². The number of fused-ring (bicyclic) bond motifs is 2. The molecule has 30 heavy (non-hydrogen) atoms. The van der Waals surface area contributed by atoms with E-state index in [0.29, 0.717) is 27.5 Å². The van der Waals surface area contributed by atoms with Crippen molar-refractivity contribution in [2.24, 2.45) is 0 Å². The van der Waals surface area contributed by atoms with Crippen LogP contribution in [0.1, 0.15) is 15.9 Å². The maximum absolute atomic E-state index is 13.7. The molecule has 0 radical (unpaired) electrons. The summed E-state index contributed by atoms with van der Waals surface area (Å²) in [6.07, 6.45) is 3.42. The van der Waals surface area contributed by atoms with Crippen molar-refractivity contribution in [2.75, 3.05) is 4.90 Å². The molecule has 5 aromatic rings. The summed E-state index contributed by atoms with van der Waals surface area (Å²) in [6, 6.07) is 21.8. The highest BCUT2D eigenvalue weighted by Crippen LogP contribution is 2.31. The summed E-state index contributed by atoms with van der Waals surface area (Å²) in [5.74, 6) is -0.485. The molecule has 0 aliphatic rings. The van der Waals surface area contributed by atoms with E-state index in [4.69, 9.17) is 0 Å². The molecule has 5 rings (SSSR count). The van der Waals surface area contributed by atoms with Gasteiger partial charge in [0.2, 0.25) is 0 Å². The largest absolute Gasteiger partial charge is 0.279 e. The van der Waals surface area contributed by atoms with Crippen LogP contribution < -0.4 is 4.90 Å². The lowest BCUT2D eigenvalue weighted by atomic mass is 10.1. The quantitative estimate of drug-likeness (QED) is 0.372. The van der Waals surface area contributed by atoms with Gasteiger partial charge in [-0.1, -0.05) is 47.7 Å². The Kier molecular flexibility index (Phi) is 4.69. The summed E-state index contributed by atoms with van der Waals surface area (Å²) in [5.41, 5.74) is 2.12. The Morgan fingerprint density at radius 1 is 0.967 bits per heavy atom. The monoisotopic (exact) mass is 413 g/mol. The minimum atomic E-state index is -0.322. The number of anilines is 1. The first kappa shape index (κ1) is 18.4. The Morgan fingerprint density at radius 2 is 1.83 bits per heavy atom. The van der Waals surface area contributed by atoms with Crippen LogP contribution in [0.3, 0.4) is 0 Å². The van der Waals surface area contributed by atoms with Crippen LogP contribution in [0.4, 0.5) is 9.52 Å². The molecule has 0 N–H and O–H groups in total. The number of aromatic nitrogens is 2. The second kappa shape index (κ2) is 7.65. The average molecular weight is 413 g/mol. The second-order valence-electron chi connectivity index (χ2n) is 6.92. The fourth-order valence-corrected chi connectivity index (χ4v) is 4.37. The van der Waals surface area contributed by atoms with Crippen LogP contribution in [0.2, 0.25) is 0 Å². The molecule has 6 heteroatoms. The molecule has 0 bridgehead atoms. The Balaban J connectivity index is 1.59. The molecular formula is C24H16FN3OS. The number of hydrogen-bond donors (Lipinski definition) is 0. The first-order valence-corrected chi connectivity index (χ1v) is 10.2. The molecule has 146 valence electrons. The van der Waals surface area contributed by atoms with Gasteiger partial charge in [0.25, 0.3) is 5.91 Å². The van der Waals surface area contributed by atoms with Crippen molar-refractivity contribution < 1.29 is 9.18 Å². The lowest BCUT2D eigenvalue weighted by Gasteiger charge is -2.20. The van der Waals surface area contributed by atoms with Gasteiger partial charge < -0.3 is 0 Å². The predicted octanol–water partition coefficient (Wildman–Crippen LogP) is 5.83. The Bertz CT molecular complexity index is 1370. The smallest absolute Gasteiger partial charge is 0.260 e. The molecule has 0 atom stereocenters. The number of carbonyl (C=O) groups excluding carboxylic acids is 1. The van der Waals surface area contributed by atoms with E-state index in [1.165, 1.54) is 23.5 Å².